The number of benzene rings is 1. The van der Waals surface area contributed by atoms with Gasteiger partial charge in [0.25, 0.3) is 5.91 Å². The average Bonchev–Trinajstić information content (AvgIpc) is 3.25. The van der Waals surface area contributed by atoms with Crippen molar-refractivity contribution in [3.63, 3.8) is 0 Å². The topological polar surface area (TPSA) is 73.9 Å². The van der Waals surface area contributed by atoms with Crippen LogP contribution in [0, 0.1) is 5.82 Å². The Balaban J connectivity index is 1.56. The van der Waals surface area contributed by atoms with Gasteiger partial charge in [0, 0.05) is 37.1 Å². The largest absolute Gasteiger partial charge is 0.338 e. The second kappa shape index (κ2) is 7.57. The molecule has 0 saturated carbocycles. The van der Waals surface area contributed by atoms with E-state index in [0.717, 1.165) is 18.5 Å². The number of aromatic nitrogens is 3. The predicted octanol–water partition coefficient (Wildman–Crippen LogP) is 3.71. The molecule has 1 saturated heterocycles. The van der Waals surface area contributed by atoms with E-state index in [1.807, 2.05) is 11.0 Å². The zero-order valence-corrected chi connectivity index (χ0v) is 14.7. The molecule has 1 unspecified atom stereocenters. The number of anilines is 2. The molecule has 1 fully saturated rings. The molecule has 0 aliphatic carbocycles. The molecule has 1 amide bonds. The number of rotatable bonds is 4. The number of hydrogen-bond donors (Lipinski definition) is 2. The number of likely N-dealkylation sites (tertiary alicyclic amines) is 1. The molecule has 0 spiro atoms. The third-order valence-corrected chi connectivity index (χ3v) is 4.84. The molecule has 1 aliphatic rings. The molecule has 6 nitrogen and oxygen atoms in total. The third kappa shape index (κ3) is 3.67. The van der Waals surface area contributed by atoms with E-state index in [2.05, 4.69) is 20.5 Å². The normalized spacial score (nSPS) is 16.9. The highest BCUT2D eigenvalue weighted by Crippen LogP contribution is 2.28. The fourth-order valence-corrected chi connectivity index (χ4v) is 3.45. The molecule has 3 heterocycles. The van der Waals surface area contributed by atoms with Gasteiger partial charge in [-0.1, -0.05) is 12.1 Å². The highest BCUT2D eigenvalue weighted by Gasteiger charge is 2.27. The Morgan fingerprint density at radius 2 is 2.07 bits per heavy atom. The quantitative estimate of drug-likeness (QED) is 0.739. The lowest BCUT2D eigenvalue weighted by atomic mass is 9.94. The number of nitrogens with zero attached hydrogens (tertiary/aromatic N) is 3. The van der Waals surface area contributed by atoms with Crippen LogP contribution in [0.3, 0.4) is 0 Å². The molecule has 7 heteroatoms. The Hall–Kier alpha value is -3.22. The molecular formula is C20H20FN5O. The molecule has 1 atom stereocenters. The van der Waals surface area contributed by atoms with Gasteiger partial charge in [-0.15, -0.1) is 0 Å². The second-order valence-corrected chi connectivity index (χ2v) is 6.61. The van der Waals surface area contributed by atoms with E-state index in [1.165, 1.54) is 6.07 Å². The molecule has 4 rings (SSSR count). The minimum absolute atomic E-state index is 0.105. The molecule has 138 valence electrons. The van der Waals surface area contributed by atoms with Crippen molar-refractivity contribution in [1.29, 1.82) is 0 Å². The summed E-state index contributed by atoms with van der Waals surface area (Å²) in [4.78, 5) is 19.2. The van der Waals surface area contributed by atoms with Crippen molar-refractivity contribution >= 4 is 17.4 Å². The average molecular weight is 365 g/mol. The highest BCUT2D eigenvalue weighted by molar-refractivity contribution is 5.99. The fourth-order valence-electron chi connectivity index (χ4n) is 3.45. The van der Waals surface area contributed by atoms with E-state index in [4.69, 9.17) is 0 Å². The third-order valence-electron chi connectivity index (χ3n) is 4.84. The van der Waals surface area contributed by atoms with Gasteiger partial charge in [0.2, 0.25) is 0 Å². The van der Waals surface area contributed by atoms with Crippen molar-refractivity contribution in [2.75, 3.05) is 18.4 Å². The number of amides is 1. The zero-order valence-electron chi connectivity index (χ0n) is 14.7. The van der Waals surface area contributed by atoms with Crippen molar-refractivity contribution in [1.82, 2.24) is 20.1 Å². The lowest BCUT2D eigenvalue weighted by Crippen LogP contribution is -2.39. The van der Waals surface area contributed by atoms with Crippen molar-refractivity contribution in [3.8, 4) is 0 Å². The van der Waals surface area contributed by atoms with Crippen LogP contribution in [0.5, 0.6) is 0 Å². The number of carbonyl (C=O) groups excluding carboxylic acids is 1. The van der Waals surface area contributed by atoms with Crippen molar-refractivity contribution in [2.24, 2.45) is 0 Å². The first-order chi connectivity index (χ1) is 13.2. The summed E-state index contributed by atoms with van der Waals surface area (Å²) in [6, 6.07) is 11.7. The first-order valence-corrected chi connectivity index (χ1v) is 8.97. The molecular weight excluding hydrogens is 345 g/mol. The maximum Gasteiger partial charge on any atom is 0.257 e. The summed E-state index contributed by atoms with van der Waals surface area (Å²) in [6.45, 7) is 1.31. The summed E-state index contributed by atoms with van der Waals surface area (Å²) in [5.74, 6) is 0.103. The van der Waals surface area contributed by atoms with Gasteiger partial charge in [0.15, 0.2) is 0 Å². The number of para-hydroxylation sites is 1. The van der Waals surface area contributed by atoms with Gasteiger partial charge in [-0.05, 0) is 43.2 Å². The van der Waals surface area contributed by atoms with E-state index in [0.29, 0.717) is 30.2 Å². The summed E-state index contributed by atoms with van der Waals surface area (Å²) in [6.07, 6.45) is 5.25. The molecule has 2 N–H and O–H groups in total. The number of carbonyl (C=O) groups is 1. The number of hydrogen-bond acceptors (Lipinski definition) is 4. The summed E-state index contributed by atoms with van der Waals surface area (Å²) >= 11 is 0. The Kier molecular flexibility index (Phi) is 4.82. The van der Waals surface area contributed by atoms with E-state index in [1.54, 1.807) is 42.7 Å². The first kappa shape index (κ1) is 17.2. The lowest BCUT2D eigenvalue weighted by molar-refractivity contribution is 0.0706. The van der Waals surface area contributed by atoms with E-state index in [-0.39, 0.29) is 17.6 Å². The number of piperidine rings is 1. The Morgan fingerprint density at radius 3 is 2.89 bits per heavy atom. The number of H-pyrrole nitrogens is 1. The van der Waals surface area contributed by atoms with Crippen LogP contribution >= 0.6 is 0 Å². The molecule has 1 aliphatic heterocycles. The van der Waals surface area contributed by atoms with Crippen LogP contribution in [0.25, 0.3) is 0 Å². The van der Waals surface area contributed by atoms with Gasteiger partial charge in [0.05, 0.1) is 11.3 Å². The summed E-state index contributed by atoms with van der Waals surface area (Å²) in [5, 5.41) is 9.96. The van der Waals surface area contributed by atoms with Gasteiger partial charge in [-0.3, -0.25) is 9.89 Å². The van der Waals surface area contributed by atoms with Crippen LogP contribution in [-0.2, 0) is 0 Å². The molecule has 0 bridgehead atoms. The molecule has 1 aromatic carbocycles. The Bertz CT molecular complexity index is 928. The maximum absolute atomic E-state index is 14.0. The van der Waals surface area contributed by atoms with Gasteiger partial charge in [-0.25, -0.2) is 9.37 Å². The van der Waals surface area contributed by atoms with Crippen LogP contribution in [0.15, 0.2) is 54.9 Å². The lowest BCUT2D eigenvalue weighted by Gasteiger charge is -2.32. The van der Waals surface area contributed by atoms with Crippen molar-refractivity contribution < 1.29 is 9.18 Å². The molecule has 0 radical (unpaired) electrons. The predicted molar refractivity (Wildman–Crippen MR) is 100 cm³/mol. The monoisotopic (exact) mass is 365 g/mol. The summed E-state index contributed by atoms with van der Waals surface area (Å²) in [5.41, 5.74) is 1.77. The number of nitrogens with one attached hydrogen (secondary N) is 2. The first-order valence-electron chi connectivity index (χ1n) is 8.97. The van der Waals surface area contributed by atoms with Gasteiger partial charge < -0.3 is 10.2 Å². The minimum atomic E-state index is -0.390. The highest BCUT2D eigenvalue weighted by atomic mass is 19.1. The SMILES string of the molecule is O=C(c1cccnc1Nc1ccccc1F)N1CCCC(c2ccn[nH]2)C1. The second-order valence-electron chi connectivity index (χ2n) is 6.61. The molecule has 2 aromatic heterocycles. The fraction of sp³-hybridized carbons (Fsp3) is 0.250. The van der Waals surface area contributed by atoms with Crippen LogP contribution in [-0.4, -0.2) is 39.1 Å². The van der Waals surface area contributed by atoms with E-state index >= 15 is 0 Å². The summed E-state index contributed by atoms with van der Waals surface area (Å²) in [7, 11) is 0. The minimum Gasteiger partial charge on any atom is -0.338 e. The van der Waals surface area contributed by atoms with Gasteiger partial charge in [0.1, 0.15) is 11.6 Å². The Labute approximate surface area is 156 Å². The van der Waals surface area contributed by atoms with Crippen LogP contribution < -0.4 is 5.32 Å². The number of pyridine rings is 1. The number of aromatic amines is 1. The Morgan fingerprint density at radius 1 is 1.19 bits per heavy atom. The smallest absolute Gasteiger partial charge is 0.257 e. The zero-order chi connectivity index (χ0) is 18.6. The van der Waals surface area contributed by atoms with Crippen LogP contribution in [0.4, 0.5) is 15.9 Å². The van der Waals surface area contributed by atoms with Gasteiger partial charge >= 0.3 is 0 Å². The van der Waals surface area contributed by atoms with Crippen molar-refractivity contribution in [2.45, 2.75) is 18.8 Å². The maximum atomic E-state index is 14.0. The van der Waals surface area contributed by atoms with E-state index < -0.39 is 0 Å². The van der Waals surface area contributed by atoms with E-state index in [9.17, 15) is 9.18 Å². The standard InChI is InChI=1S/C20H20FN5O/c21-16-7-1-2-8-18(16)24-19-15(6-3-10-22-19)20(27)26-12-4-5-14(13-26)17-9-11-23-25-17/h1-3,6-11,14H,4-5,12-13H2,(H,22,24)(H,23,25). The molecule has 27 heavy (non-hydrogen) atoms. The van der Waals surface area contributed by atoms with Crippen LogP contribution in [0.1, 0.15) is 34.8 Å². The molecule has 3 aromatic rings. The van der Waals surface area contributed by atoms with Gasteiger partial charge in [-0.2, -0.15) is 5.10 Å². The van der Waals surface area contributed by atoms with Crippen LogP contribution in [0.2, 0.25) is 0 Å². The van der Waals surface area contributed by atoms with Crippen molar-refractivity contribution in [3.05, 3.63) is 71.9 Å². The number of halogens is 1. The summed E-state index contributed by atoms with van der Waals surface area (Å²) < 4.78 is 14.0.